The summed E-state index contributed by atoms with van der Waals surface area (Å²) >= 11 is 0. The van der Waals surface area contributed by atoms with Crippen LogP contribution >= 0.6 is 0 Å². The molecule has 0 aliphatic carbocycles. The summed E-state index contributed by atoms with van der Waals surface area (Å²) in [6, 6.07) is 8.23. The summed E-state index contributed by atoms with van der Waals surface area (Å²) in [5, 5.41) is 1.20. The van der Waals surface area contributed by atoms with Gasteiger partial charge in [0.05, 0.1) is 11.9 Å². The first kappa shape index (κ1) is 13.0. The number of aromatic nitrogens is 3. The van der Waals surface area contributed by atoms with Gasteiger partial charge in [-0.3, -0.25) is 9.78 Å². The Morgan fingerprint density at radius 3 is 2.91 bits per heavy atom. The number of nitrogens with one attached hydrogen (secondary N) is 1. The van der Waals surface area contributed by atoms with Gasteiger partial charge in [0.2, 0.25) is 0 Å². The van der Waals surface area contributed by atoms with Gasteiger partial charge in [-0.05, 0) is 13.0 Å². The molecule has 0 radical (unpaired) electrons. The summed E-state index contributed by atoms with van der Waals surface area (Å²) in [4.78, 5) is 26.3. The molecule has 1 amide bonds. The second kappa shape index (κ2) is 4.94. The highest BCUT2D eigenvalue weighted by Crippen LogP contribution is 2.28. The Hall–Kier alpha value is -2.69. The molecule has 110 valence electrons. The van der Waals surface area contributed by atoms with Gasteiger partial charge in [0.1, 0.15) is 5.69 Å². The molecule has 0 atom stereocenters. The van der Waals surface area contributed by atoms with Crippen LogP contribution in [0, 0.1) is 6.92 Å². The molecule has 5 heteroatoms. The lowest BCUT2D eigenvalue weighted by Crippen LogP contribution is -2.36. The Labute approximate surface area is 128 Å². The molecule has 1 N–H and O–H groups in total. The van der Waals surface area contributed by atoms with Gasteiger partial charge in [0, 0.05) is 47.9 Å². The van der Waals surface area contributed by atoms with Crippen molar-refractivity contribution in [3.63, 3.8) is 0 Å². The van der Waals surface area contributed by atoms with Crippen molar-refractivity contribution in [2.75, 3.05) is 6.54 Å². The van der Waals surface area contributed by atoms with E-state index >= 15 is 0 Å². The average Bonchev–Trinajstić information content (AvgIpc) is 2.92. The van der Waals surface area contributed by atoms with Crippen LogP contribution < -0.4 is 0 Å². The zero-order valence-corrected chi connectivity index (χ0v) is 12.3. The average molecular weight is 292 g/mol. The van der Waals surface area contributed by atoms with Gasteiger partial charge >= 0.3 is 0 Å². The van der Waals surface area contributed by atoms with Crippen LogP contribution in [0.1, 0.15) is 27.4 Å². The standard InChI is InChI=1S/C17H16N4O/c1-11-8-19-16(9-18-11)17(22)21-7-6-15-13(10-21)12-4-2-3-5-14(12)20-15/h2-5,8-9,20H,6-7,10H2,1H3. The molecule has 3 heterocycles. The van der Waals surface area contributed by atoms with Gasteiger partial charge in [-0.1, -0.05) is 18.2 Å². The Morgan fingerprint density at radius 1 is 1.23 bits per heavy atom. The zero-order valence-electron chi connectivity index (χ0n) is 12.3. The molecule has 0 fully saturated rings. The van der Waals surface area contributed by atoms with Crippen LogP contribution in [0.5, 0.6) is 0 Å². The molecule has 3 aromatic rings. The van der Waals surface area contributed by atoms with Gasteiger partial charge in [-0.25, -0.2) is 4.98 Å². The fraction of sp³-hybridized carbons (Fsp3) is 0.235. The first-order chi connectivity index (χ1) is 10.7. The molecule has 4 rings (SSSR count). The third kappa shape index (κ3) is 2.06. The van der Waals surface area contributed by atoms with Crippen LogP contribution in [0.3, 0.4) is 0 Å². The predicted molar refractivity (Wildman–Crippen MR) is 83.5 cm³/mol. The number of rotatable bonds is 1. The molecule has 0 saturated heterocycles. The maximum Gasteiger partial charge on any atom is 0.274 e. The number of hydrogen-bond donors (Lipinski definition) is 1. The quantitative estimate of drug-likeness (QED) is 0.749. The summed E-state index contributed by atoms with van der Waals surface area (Å²) in [6.07, 6.45) is 4.03. The maximum absolute atomic E-state index is 12.6. The number of fused-ring (bicyclic) bond motifs is 3. The Morgan fingerprint density at radius 2 is 2.09 bits per heavy atom. The summed E-state index contributed by atoms with van der Waals surface area (Å²) < 4.78 is 0. The van der Waals surface area contributed by atoms with Crippen LogP contribution in [0.4, 0.5) is 0 Å². The van der Waals surface area contributed by atoms with Crippen molar-refractivity contribution in [3.05, 3.63) is 59.3 Å². The van der Waals surface area contributed by atoms with Gasteiger partial charge in [0.15, 0.2) is 0 Å². The molecule has 2 aromatic heterocycles. The molecule has 1 aliphatic heterocycles. The molecule has 5 nitrogen and oxygen atoms in total. The second-order valence-electron chi connectivity index (χ2n) is 5.65. The van der Waals surface area contributed by atoms with E-state index in [4.69, 9.17) is 0 Å². The minimum absolute atomic E-state index is 0.0524. The Kier molecular flexibility index (Phi) is 2.92. The molecule has 1 aromatic carbocycles. The summed E-state index contributed by atoms with van der Waals surface area (Å²) in [7, 11) is 0. The zero-order chi connectivity index (χ0) is 15.1. The topological polar surface area (TPSA) is 61.9 Å². The molecule has 0 saturated carbocycles. The molecule has 1 aliphatic rings. The van der Waals surface area contributed by atoms with Crippen molar-refractivity contribution in [1.29, 1.82) is 0 Å². The Balaban J connectivity index is 1.66. The van der Waals surface area contributed by atoms with Crippen LogP contribution in [-0.2, 0) is 13.0 Å². The number of hydrogen-bond acceptors (Lipinski definition) is 3. The molecular weight excluding hydrogens is 276 g/mol. The first-order valence-electron chi connectivity index (χ1n) is 7.39. The van der Waals surface area contributed by atoms with Gasteiger partial charge in [-0.2, -0.15) is 0 Å². The lowest BCUT2D eigenvalue weighted by molar-refractivity contribution is 0.0728. The smallest absolute Gasteiger partial charge is 0.274 e. The lowest BCUT2D eigenvalue weighted by atomic mass is 10.0. The van der Waals surface area contributed by atoms with E-state index in [1.165, 1.54) is 16.6 Å². The number of aromatic amines is 1. The second-order valence-corrected chi connectivity index (χ2v) is 5.65. The number of para-hydroxylation sites is 1. The number of aryl methyl sites for hydroxylation is 1. The van der Waals surface area contributed by atoms with Crippen molar-refractivity contribution in [2.24, 2.45) is 0 Å². The van der Waals surface area contributed by atoms with E-state index in [2.05, 4.69) is 27.1 Å². The fourth-order valence-electron chi connectivity index (χ4n) is 3.00. The van der Waals surface area contributed by atoms with Crippen LogP contribution in [0.2, 0.25) is 0 Å². The molecule has 0 bridgehead atoms. The minimum atomic E-state index is -0.0524. The summed E-state index contributed by atoms with van der Waals surface area (Å²) in [5.41, 5.74) is 4.82. The summed E-state index contributed by atoms with van der Waals surface area (Å²) in [6.45, 7) is 3.18. The van der Waals surface area contributed by atoms with Gasteiger partial charge < -0.3 is 9.88 Å². The predicted octanol–water partition coefficient (Wildman–Crippen LogP) is 2.46. The van der Waals surface area contributed by atoms with E-state index in [9.17, 15) is 4.79 Å². The fourth-order valence-corrected chi connectivity index (χ4v) is 3.00. The Bertz CT molecular complexity index is 851. The molecular formula is C17H16N4O. The van der Waals surface area contributed by atoms with E-state index in [1.807, 2.05) is 24.0 Å². The van der Waals surface area contributed by atoms with Crippen molar-refractivity contribution in [3.8, 4) is 0 Å². The van der Waals surface area contributed by atoms with Gasteiger partial charge in [-0.15, -0.1) is 0 Å². The lowest BCUT2D eigenvalue weighted by Gasteiger charge is -2.26. The van der Waals surface area contributed by atoms with Crippen molar-refractivity contribution in [2.45, 2.75) is 19.9 Å². The van der Waals surface area contributed by atoms with E-state index in [1.54, 1.807) is 12.4 Å². The highest BCUT2D eigenvalue weighted by Gasteiger charge is 2.25. The normalized spacial score (nSPS) is 14.1. The third-order valence-corrected chi connectivity index (χ3v) is 4.17. The van der Waals surface area contributed by atoms with E-state index < -0.39 is 0 Å². The molecule has 0 spiro atoms. The van der Waals surface area contributed by atoms with Crippen LogP contribution in [0.25, 0.3) is 10.9 Å². The number of benzene rings is 1. The van der Waals surface area contributed by atoms with E-state index in [-0.39, 0.29) is 5.91 Å². The number of nitrogens with zero attached hydrogens (tertiary/aromatic N) is 3. The first-order valence-corrected chi connectivity index (χ1v) is 7.39. The highest BCUT2D eigenvalue weighted by atomic mass is 16.2. The monoisotopic (exact) mass is 292 g/mol. The number of amides is 1. The van der Waals surface area contributed by atoms with Crippen LogP contribution in [0.15, 0.2) is 36.7 Å². The maximum atomic E-state index is 12.6. The van der Waals surface area contributed by atoms with Crippen LogP contribution in [-0.4, -0.2) is 32.3 Å². The van der Waals surface area contributed by atoms with Crippen molar-refractivity contribution in [1.82, 2.24) is 19.9 Å². The van der Waals surface area contributed by atoms with Crippen molar-refractivity contribution < 1.29 is 4.79 Å². The number of carbonyl (C=O) groups excluding carboxylic acids is 1. The SMILES string of the molecule is Cc1cnc(C(=O)N2CCc3[nH]c4ccccc4c3C2)cn1. The molecule has 22 heavy (non-hydrogen) atoms. The van der Waals surface area contributed by atoms with E-state index in [0.29, 0.717) is 18.8 Å². The largest absolute Gasteiger partial charge is 0.358 e. The highest BCUT2D eigenvalue weighted by molar-refractivity contribution is 5.93. The summed E-state index contributed by atoms with van der Waals surface area (Å²) in [5.74, 6) is -0.0524. The van der Waals surface area contributed by atoms with Crippen molar-refractivity contribution >= 4 is 16.8 Å². The third-order valence-electron chi connectivity index (χ3n) is 4.17. The minimum Gasteiger partial charge on any atom is -0.358 e. The van der Waals surface area contributed by atoms with E-state index in [0.717, 1.165) is 17.6 Å². The number of carbonyl (C=O) groups is 1. The number of H-pyrrole nitrogens is 1. The molecule has 0 unspecified atom stereocenters. The van der Waals surface area contributed by atoms with Gasteiger partial charge in [0.25, 0.3) is 5.91 Å².